The Morgan fingerprint density at radius 3 is 2.67 bits per heavy atom. The number of carbonyl (C=O) groups excluding carboxylic acids is 1. The van der Waals surface area contributed by atoms with E-state index < -0.39 is 0 Å². The Labute approximate surface area is 158 Å². The molecule has 4 heterocycles. The number of aromatic nitrogens is 4. The smallest absolute Gasteiger partial charge is 0.226 e. The van der Waals surface area contributed by atoms with E-state index in [1.807, 2.05) is 30.7 Å². The summed E-state index contributed by atoms with van der Waals surface area (Å²) in [6.07, 6.45) is 5.07. The van der Waals surface area contributed by atoms with Gasteiger partial charge >= 0.3 is 0 Å². The van der Waals surface area contributed by atoms with E-state index >= 15 is 0 Å². The van der Waals surface area contributed by atoms with Crippen LogP contribution in [0.5, 0.6) is 5.75 Å². The van der Waals surface area contributed by atoms with Crippen LogP contribution in [-0.4, -0.2) is 51.9 Å². The highest BCUT2D eigenvalue weighted by Crippen LogP contribution is 2.38. The summed E-state index contributed by atoms with van der Waals surface area (Å²) in [6.45, 7) is 5.06. The summed E-state index contributed by atoms with van der Waals surface area (Å²) in [4.78, 5) is 18.8. The SMILES string of the molecule is CCOc1ccc(Cc2nnc(N3CCC4(CCNC4=O)CC3)n2C)nc1. The fraction of sp³-hybridized carbons (Fsp3) is 0.579. The van der Waals surface area contributed by atoms with Crippen molar-refractivity contribution in [2.75, 3.05) is 31.1 Å². The highest BCUT2D eigenvalue weighted by Gasteiger charge is 2.44. The molecular formula is C19H26N6O2. The van der Waals surface area contributed by atoms with Crippen LogP contribution in [0, 0.1) is 5.41 Å². The van der Waals surface area contributed by atoms with Crippen molar-refractivity contribution in [3.8, 4) is 5.75 Å². The van der Waals surface area contributed by atoms with Crippen molar-refractivity contribution in [2.24, 2.45) is 12.5 Å². The van der Waals surface area contributed by atoms with Gasteiger partial charge in [0.15, 0.2) is 0 Å². The van der Waals surface area contributed by atoms with Gasteiger partial charge in [-0.05, 0) is 38.3 Å². The van der Waals surface area contributed by atoms with E-state index in [1.165, 1.54) is 0 Å². The molecule has 0 aliphatic carbocycles. The molecule has 2 fully saturated rings. The van der Waals surface area contributed by atoms with Gasteiger partial charge in [0.05, 0.1) is 24.6 Å². The van der Waals surface area contributed by atoms with E-state index in [0.717, 1.165) is 62.1 Å². The number of anilines is 1. The highest BCUT2D eigenvalue weighted by molar-refractivity contribution is 5.85. The second kappa shape index (κ2) is 7.17. The van der Waals surface area contributed by atoms with Crippen molar-refractivity contribution in [2.45, 2.75) is 32.6 Å². The third kappa shape index (κ3) is 3.36. The molecule has 1 N–H and O–H groups in total. The highest BCUT2D eigenvalue weighted by atomic mass is 16.5. The molecule has 2 aromatic rings. The average Bonchev–Trinajstić information content (AvgIpc) is 3.21. The minimum atomic E-state index is -0.163. The first-order valence-corrected chi connectivity index (χ1v) is 9.60. The van der Waals surface area contributed by atoms with Crippen molar-refractivity contribution < 1.29 is 9.53 Å². The van der Waals surface area contributed by atoms with Gasteiger partial charge in [-0.2, -0.15) is 0 Å². The lowest BCUT2D eigenvalue weighted by atomic mass is 9.77. The number of piperidine rings is 1. The van der Waals surface area contributed by atoms with Crippen LogP contribution in [-0.2, 0) is 18.3 Å². The maximum absolute atomic E-state index is 12.2. The minimum Gasteiger partial charge on any atom is -0.492 e. The fourth-order valence-electron chi connectivity index (χ4n) is 4.04. The first kappa shape index (κ1) is 17.8. The molecule has 0 aromatic carbocycles. The minimum absolute atomic E-state index is 0.163. The Bertz CT molecular complexity index is 808. The quantitative estimate of drug-likeness (QED) is 0.854. The molecule has 2 saturated heterocycles. The average molecular weight is 370 g/mol. The summed E-state index contributed by atoms with van der Waals surface area (Å²) in [6, 6.07) is 3.89. The topological polar surface area (TPSA) is 85.2 Å². The Hall–Kier alpha value is -2.64. The molecule has 4 rings (SSSR count). The van der Waals surface area contributed by atoms with Gasteiger partial charge in [-0.3, -0.25) is 9.78 Å². The van der Waals surface area contributed by atoms with Gasteiger partial charge in [-0.15, -0.1) is 10.2 Å². The van der Waals surface area contributed by atoms with Crippen LogP contribution < -0.4 is 15.0 Å². The second-order valence-corrected chi connectivity index (χ2v) is 7.34. The van der Waals surface area contributed by atoms with Crippen molar-refractivity contribution >= 4 is 11.9 Å². The third-order valence-electron chi connectivity index (χ3n) is 5.76. The van der Waals surface area contributed by atoms with E-state index in [2.05, 4.69) is 25.4 Å². The van der Waals surface area contributed by atoms with Gasteiger partial charge in [0.25, 0.3) is 0 Å². The summed E-state index contributed by atoms with van der Waals surface area (Å²) >= 11 is 0. The number of ether oxygens (including phenoxy) is 1. The first-order valence-electron chi connectivity index (χ1n) is 9.60. The zero-order chi connectivity index (χ0) is 18.9. The van der Waals surface area contributed by atoms with Gasteiger partial charge < -0.3 is 19.5 Å². The van der Waals surface area contributed by atoms with E-state index in [-0.39, 0.29) is 11.3 Å². The lowest BCUT2D eigenvalue weighted by Crippen LogP contribution is -2.44. The van der Waals surface area contributed by atoms with Gasteiger partial charge in [-0.25, -0.2) is 0 Å². The number of pyridine rings is 1. The number of carbonyl (C=O) groups is 1. The van der Waals surface area contributed by atoms with Crippen LogP contribution >= 0.6 is 0 Å². The van der Waals surface area contributed by atoms with E-state index in [4.69, 9.17) is 4.74 Å². The molecule has 8 heteroatoms. The number of hydrogen-bond donors (Lipinski definition) is 1. The zero-order valence-corrected chi connectivity index (χ0v) is 15.9. The Balaban J connectivity index is 1.42. The Kier molecular flexibility index (Phi) is 4.72. The summed E-state index contributed by atoms with van der Waals surface area (Å²) < 4.78 is 7.47. The van der Waals surface area contributed by atoms with E-state index in [9.17, 15) is 4.79 Å². The molecule has 8 nitrogen and oxygen atoms in total. The maximum atomic E-state index is 12.2. The maximum Gasteiger partial charge on any atom is 0.226 e. The number of nitrogens with one attached hydrogen (secondary N) is 1. The van der Waals surface area contributed by atoms with Crippen molar-refractivity contribution in [3.05, 3.63) is 29.8 Å². The van der Waals surface area contributed by atoms with Crippen LogP contribution in [0.2, 0.25) is 0 Å². The van der Waals surface area contributed by atoms with Gasteiger partial charge in [0.2, 0.25) is 11.9 Å². The molecule has 0 saturated carbocycles. The molecule has 0 atom stereocenters. The normalized spacial score (nSPS) is 18.7. The largest absolute Gasteiger partial charge is 0.492 e. The predicted molar refractivity (Wildman–Crippen MR) is 101 cm³/mol. The molecule has 2 aromatic heterocycles. The first-order chi connectivity index (χ1) is 13.1. The zero-order valence-electron chi connectivity index (χ0n) is 15.9. The Morgan fingerprint density at radius 1 is 1.22 bits per heavy atom. The van der Waals surface area contributed by atoms with Crippen LogP contribution in [0.25, 0.3) is 0 Å². The van der Waals surface area contributed by atoms with Gasteiger partial charge in [-0.1, -0.05) is 0 Å². The van der Waals surface area contributed by atoms with E-state index in [0.29, 0.717) is 13.0 Å². The molecule has 144 valence electrons. The lowest BCUT2D eigenvalue weighted by molar-refractivity contribution is -0.128. The predicted octanol–water partition coefficient (Wildman–Crippen LogP) is 1.31. The molecule has 1 amide bonds. The van der Waals surface area contributed by atoms with Crippen molar-refractivity contribution in [1.82, 2.24) is 25.1 Å². The number of nitrogens with zero attached hydrogens (tertiary/aromatic N) is 5. The Morgan fingerprint density at radius 2 is 2.04 bits per heavy atom. The third-order valence-corrected chi connectivity index (χ3v) is 5.76. The number of rotatable bonds is 5. The molecular weight excluding hydrogens is 344 g/mol. The monoisotopic (exact) mass is 370 g/mol. The van der Waals surface area contributed by atoms with Crippen molar-refractivity contribution in [1.29, 1.82) is 0 Å². The van der Waals surface area contributed by atoms with Gasteiger partial charge in [0, 0.05) is 32.4 Å². The van der Waals surface area contributed by atoms with Crippen LogP contribution in [0.3, 0.4) is 0 Å². The molecule has 0 bridgehead atoms. The van der Waals surface area contributed by atoms with Crippen LogP contribution in [0.15, 0.2) is 18.3 Å². The second-order valence-electron chi connectivity index (χ2n) is 7.34. The molecule has 0 unspecified atom stereocenters. The molecule has 27 heavy (non-hydrogen) atoms. The molecule has 2 aliphatic heterocycles. The molecule has 0 radical (unpaired) electrons. The fourth-order valence-corrected chi connectivity index (χ4v) is 4.04. The molecule has 2 aliphatic rings. The van der Waals surface area contributed by atoms with Gasteiger partial charge in [0.1, 0.15) is 11.6 Å². The summed E-state index contributed by atoms with van der Waals surface area (Å²) in [7, 11) is 1.99. The summed E-state index contributed by atoms with van der Waals surface area (Å²) in [5, 5.41) is 11.8. The van der Waals surface area contributed by atoms with E-state index in [1.54, 1.807) is 6.20 Å². The number of amides is 1. The molecule has 1 spiro atoms. The summed E-state index contributed by atoms with van der Waals surface area (Å²) in [5.74, 6) is 2.74. The summed E-state index contributed by atoms with van der Waals surface area (Å²) in [5.41, 5.74) is 0.769. The standard InChI is InChI=1S/C19H26N6O2/c1-3-27-15-5-4-14(21-13-15)12-16-22-23-18(24(16)2)25-10-7-19(8-11-25)6-9-20-17(19)26/h4-5,13H,3,6-12H2,1-2H3,(H,20,26). The van der Waals surface area contributed by atoms with Crippen LogP contribution in [0.1, 0.15) is 37.7 Å². The lowest BCUT2D eigenvalue weighted by Gasteiger charge is -2.37. The van der Waals surface area contributed by atoms with Crippen LogP contribution in [0.4, 0.5) is 5.95 Å². The number of hydrogen-bond acceptors (Lipinski definition) is 6. The van der Waals surface area contributed by atoms with Crippen molar-refractivity contribution in [3.63, 3.8) is 0 Å².